The van der Waals surface area contributed by atoms with Gasteiger partial charge in [-0.1, -0.05) is 60.7 Å². The summed E-state index contributed by atoms with van der Waals surface area (Å²) >= 11 is 0. The van der Waals surface area contributed by atoms with Gasteiger partial charge in [-0.3, -0.25) is 5.87 Å². The Morgan fingerprint density at radius 2 is 1.13 bits per heavy atom. The average molecular weight is 192 g/mol. The van der Waals surface area contributed by atoms with Gasteiger partial charge in [-0.05, 0) is 11.1 Å². The smallest absolute Gasteiger partial charge is 0.00739 e. The highest BCUT2D eigenvalue weighted by Crippen LogP contribution is 2.19. The van der Waals surface area contributed by atoms with Gasteiger partial charge >= 0.3 is 0 Å². The molecule has 0 aromatic heterocycles. The first-order chi connectivity index (χ1) is 7.42. The van der Waals surface area contributed by atoms with Crippen LogP contribution >= 0.6 is 0 Å². The van der Waals surface area contributed by atoms with E-state index in [1.165, 1.54) is 0 Å². The molecule has 2 aromatic rings. The van der Waals surface area contributed by atoms with Crippen LogP contribution in [0.2, 0.25) is 0 Å². The Kier molecular flexibility index (Phi) is 2.77. The molecule has 0 aliphatic heterocycles. The van der Waals surface area contributed by atoms with Crippen molar-refractivity contribution in [2.45, 2.75) is 0 Å². The topological polar surface area (TPSA) is 22.3 Å². The lowest BCUT2D eigenvalue weighted by Crippen LogP contribution is -1.87. The van der Waals surface area contributed by atoms with Crippen LogP contribution in [0.15, 0.2) is 60.7 Å². The van der Waals surface area contributed by atoms with Gasteiger partial charge in [0.25, 0.3) is 0 Å². The zero-order valence-electron chi connectivity index (χ0n) is 8.22. The fourth-order valence-electron chi connectivity index (χ4n) is 1.51. The summed E-state index contributed by atoms with van der Waals surface area (Å²) in [6.07, 6.45) is 0. The van der Waals surface area contributed by atoms with E-state index in [4.69, 9.17) is 5.41 Å². The summed E-state index contributed by atoms with van der Waals surface area (Å²) in [4.78, 5) is 0. The monoisotopic (exact) mass is 192 g/mol. The van der Waals surface area contributed by atoms with Gasteiger partial charge in [-0.2, -0.15) is 0 Å². The van der Waals surface area contributed by atoms with E-state index in [1.54, 1.807) is 0 Å². The van der Waals surface area contributed by atoms with E-state index in [1.807, 2.05) is 60.7 Å². The van der Waals surface area contributed by atoms with E-state index in [0.717, 1.165) is 16.7 Å². The molecule has 0 spiro atoms. The molecule has 1 nitrogen and oxygen atoms in total. The molecule has 0 saturated heterocycles. The quantitative estimate of drug-likeness (QED) is 0.651. The first-order valence-corrected chi connectivity index (χ1v) is 4.79. The summed E-state index contributed by atoms with van der Waals surface area (Å²) in [6.45, 7) is 0. The highest BCUT2D eigenvalue weighted by atomic mass is 14.3. The van der Waals surface area contributed by atoms with Gasteiger partial charge in [0.15, 0.2) is 0 Å². The summed E-state index contributed by atoms with van der Waals surface area (Å²) < 4.78 is 0. The molecule has 2 aromatic carbocycles. The van der Waals surface area contributed by atoms with E-state index in [-0.39, 0.29) is 0 Å². The zero-order valence-corrected chi connectivity index (χ0v) is 8.22. The van der Waals surface area contributed by atoms with Crippen LogP contribution in [0.5, 0.6) is 0 Å². The van der Waals surface area contributed by atoms with E-state index >= 15 is 0 Å². The third kappa shape index (κ3) is 2.04. The molecule has 0 radical (unpaired) electrons. The van der Waals surface area contributed by atoms with Gasteiger partial charge in [0, 0.05) is 5.57 Å². The molecule has 0 saturated carbocycles. The molecule has 0 amide bonds. The fraction of sp³-hybridized carbons (Fsp3) is 0. The van der Waals surface area contributed by atoms with Crippen molar-refractivity contribution in [3.8, 4) is 0 Å². The van der Waals surface area contributed by atoms with Gasteiger partial charge in [0.05, 0.1) is 0 Å². The minimum Gasteiger partial charge on any atom is -0.763 e. The molecule has 72 valence electrons. The highest BCUT2D eigenvalue weighted by molar-refractivity contribution is 5.99. The predicted molar refractivity (Wildman–Crippen MR) is 63.8 cm³/mol. The lowest BCUT2D eigenvalue weighted by Gasteiger charge is -2.06. The summed E-state index contributed by atoms with van der Waals surface area (Å²) in [7, 11) is 0. The van der Waals surface area contributed by atoms with Crippen LogP contribution in [-0.4, -0.2) is 5.87 Å². The predicted octanol–water partition coefficient (Wildman–Crippen LogP) is 3.36. The molecule has 2 rings (SSSR count). The van der Waals surface area contributed by atoms with Crippen molar-refractivity contribution < 1.29 is 0 Å². The van der Waals surface area contributed by atoms with Crippen molar-refractivity contribution in [2.24, 2.45) is 0 Å². The van der Waals surface area contributed by atoms with Crippen molar-refractivity contribution in [1.82, 2.24) is 0 Å². The maximum absolute atomic E-state index is 9.15. The first-order valence-electron chi connectivity index (χ1n) is 4.79. The Morgan fingerprint density at radius 1 is 0.733 bits per heavy atom. The van der Waals surface area contributed by atoms with Crippen LogP contribution in [0.3, 0.4) is 0 Å². The minimum atomic E-state index is 0.719. The molecular weight excluding hydrogens is 182 g/mol. The minimum absolute atomic E-state index is 0.719. The van der Waals surface area contributed by atoms with E-state index in [2.05, 4.69) is 5.87 Å². The fourth-order valence-corrected chi connectivity index (χ4v) is 1.51. The van der Waals surface area contributed by atoms with Crippen molar-refractivity contribution in [1.29, 1.82) is 0 Å². The molecule has 0 aliphatic carbocycles. The van der Waals surface area contributed by atoms with Gasteiger partial charge in [-0.15, -0.1) is 0 Å². The van der Waals surface area contributed by atoms with Crippen LogP contribution in [0.25, 0.3) is 11.0 Å². The maximum atomic E-state index is 9.15. The molecule has 0 unspecified atom stereocenters. The molecule has 0 atom stereocenters. The number of hydrogen-bond donors (Lipinski definition) is 0. The van der Waals surface area contributed by atoms with E-state index in [9.17, 15) is 0 Å². The molecular formula is C14H10N-. The molecule has 1 heteroatoms. The van der Waals surface area contributed by atoms with Gasteiger partial charge in [0.2, 0.25) is 0 Å². The maximum Gasteiger partial charge on any atom is 0.00739 e. The highest BCUT2D eigenvalue weighted by Gasteiger charge is 2.00. The molecule has 0 bridgehead atoms. The lowest BCUT2D eigenvalue weighted by atomic mass is 10.00. The summed E-state index contributed by atoms with van der Waals surface area (Å²) in [5.74, 6) is 2.25. The Hall–Kier alpha value is -2.11. The summed E-state index contributed by atoms with van der Waals surface area (Å²) in [5, 5.41) is 9.15. The van der Waals surface area contributed by atoms with Crippen molar-refractivity contribution in [3.05, 3.63) is 77.2 Å². The largest absolute Gasteiger partial charge is 0.763 e. The molecule has 0 N–H and O–H groups in total. The third-order valence-electron chi connectivity index (χ3n) is 2.24. The van der Waals surface area contributed by atoms with Crippen molar-refractivity contribution in [2.75, 3.05) is 0 Å². The van der Waals surface area contributed by atoms with E-state index < -0.39 is 0 Å². The molecule has 0 aliphatic rings. The second-order valence-corrected chi connectivity index (χ2v) is 3.22. The number of nitrogens with zero attached hydrogens (tertiary/aromatic N) is 1. The van der Waals surface area contributed by atoms with Crippen LogP contribution in [0, 0.1) is 0 Å². The second-order valence-electron chi connectivity index (χ2n) is 3.22. The van der Waals surface area contributed by atoms with Gasteiger partial charge in [-0.25, -0.2) is 0 Å². The number of rotatable bonds is 2. The zero-order chi connectivity index (χ0) is 10.5. The summed E-state index contributed by atoms with van der Waals surface area (Å²) in [5.41, 5.74) is 2.65. The standard InChI is InChI=1S/C14H10N/c15-11-14(12-7-3-1-4-8-12)13-9-5-2-6-10-13/h1-10H/q-1. The van der Waals surface area contributed by atoms with Crippen LogP contribution in [0.4, 0.5) is 0 Å². The Morgan fingerprint density at radius 3 is 1.47 bits per heavy atom. The van der Waals surface area contributed by atoms with Gasteiger partial charge in [0.1, 0.15) is 0 Å². The van der Waals surface area contributed by atoms with Crippen LogP contribution in [0.1, 0.15) is 11.1 Å². The SMILES string of the molecule is [N-]=C=C(c1ccccc1)c1ccccc1. The van der Waals surface area contributed by atoms with Crippen molar-refractivity contribution in [3.63, 3.8) is 0 Å². The Bertz CT molecular complexity index is 438. The van der Waals surface area contributed by atoms with E-state index in [0.29, 0.717) is 0 Å². The Balaban J connectivity index is 2.48. The number of hydrogen-bond acceptors (Lipinski definition) is 0. The Labute approximate surface area is 89.2 Å². The lowest BCUT2D eigenvalue weighted by molar-refractivity contribution is 1.57. The average Bonchev–Trinajstić information content (AvgIpc) is 2.33. The van der Waals surface area contributed by atoms with Gasteiger partial charge < -0.3 is 5.41 Å². The number of benzene rings is 2. The van der Waals surface area contributed by atoms with Crippen LogP contribution in [-0.2, 0) is 0 Å². The molecule has 0 fully saturated rings. The normalized spacial score (nSPS) is 9.33. The summed E-state index contributed by atoms with van der Waals surface area (Å²) in [6, 6.07) is 19.5. The van der Waals surface area contributed by atoms with Crippen LogP contribution < -0.4 is 0 Å². The molecule has 0 heterocycles. The molecule has 15 heavy (non-hydrogen) atoms. The first kappa shape index (κ1) is 9.45. The van der Waals surface area contributed by atoms with Crippen molar-refractivity contribution >= 4 is 11.4 Å². The second kappa shape index (κ2) is 4.41. The third-order valence-corrected chi connectivity index (χ3v) is 2.24.